The fraction of sp³-hybridized carbons (Fsp3) is 0. The highest BCUT2D eigenvalue weighted by atomic mass is 15.0. The number of hydrogen-bond donors (Lipinski definition) is 2. The summed E-state index contributed by atoms with van der Waals surface area (Å²) in [5.74, 6) is 0. The zero-order valence-corrected chi connectivity index (χ0v) is 20.6. The maximum Gasteiger partial charge on any atom is 0.0659 e. The molecule has 0 unspecified atom stereocenters. The summed E-state index contributed by atoms with van der Waals surface area (Å²) >= 11 is 0. The second kappa shape index (κ2) is 8.71. The van der Waals surface area contributed by atoms with Crippen molar-refractivity contribution in [3.8, 4) is 5.69 Å². The smallest absolute Gasteiger partial charge is 0.0659 e. The van der Waals surface area contributed by atoms with Crippen LogP contribution in [0, 0.1) is 10.8 Å². The first kappa shape index (κ1) is 22.0. The van der Waals surface area contributed by atoms with Crippen molar-refractivity contribution < 1.29 is 0 Å². The zero-order chi connectivity index (χ0) is 25.6. The van der Waals surface area contributed by atoms with Crippen LogP contribution < -0.4 is 0 Å². The van der Waals surface area contributed by atoms with E-state index in [0.717, 1.165) is 44.0 Å². The number of para-hydroxylation sites is 2. The molecular weight excluding hydrogens is 464 g/mol. The molecule has 2 heterocycles. The lowest BCUT2D eigenvalue weighted by Gasteiger charge is -2.10. The highest BCUT2D eigenvalue weighted by Crippen LogP contribution is 2.36. The fourth-order valence-corrected chi connectivity index (χ4v) is 5.46. The Bertz CT molecular complexity index is 2040. The Balaban J connectivity index is 1.49. The quantitative estimate of drug-likeness (QED) is 0.228. The molecule has 4 nitrogen and oxygen atoms in total. The normalized spacial score (nSPS) is 12.1. The number of benzene rings is 5. The second-order valence-corrected chi connectivity index (χ2v) is 9.49. The van der Waals surface area contributed by atoms with E-state index in [4.69, 9.17) is 10.8 Å². The lowest BCUT2D eigenvalue weighted by Crippen LogP contribution is -2.03. The van der Waals surface area contributed by atoms with Crippen molar-refractivity contribution in [2.24, 2.45) is 0 Å². The Kier molecular flexibility index (Phi) is 5.05. The van der Waals surface area contributed by atoms with Crippen LogP contribution in [0.25, 0.3) is 54.9 Å². The molecule has 0 fully saturated rings. The van der Waals surface area contributed by atoms with Gasteiger partial charge in [0.15, 0.2) is 0 Å². The predicted molar refractivity (Wildman–Crippen MR) is 160 cm³/mol. The minimum absolute atomic E-state index is 0.373. The molecule has 0 atom stereocenters. The Morgan fingerprint density at radius 3 is 2.08 bits per heavy atom. The summed E-state index contributed by atoms with van der Waals surface area (Å²) in [6.45, 7) is 0. The molecular formula is C34H24N4. The van der Waals surface area contributed by atoms with Crippen LogP contribution in [-0.2, 0) is 0 Å². The summed E-state index contributed by atoms with van der Waals surface area (Å²) in [4.78, 5) is 0. The van der Waals surface area contributed by atoms with Crippen molar-refractivity contribution in [1.82, 2.24) is 9.13 Å². The summed E-state index contributed by atoms with van der Waals surface area (Å²) < 4.78 is 4.33. The van der Waals surface area contributed by atoms with Crippen LogP contribution >= 0.6 is 0 Å². The van der Waals surface area contributed by atoms with Gasteiger partial charge in [-0.25, -0.2) is 0 Å². The third-order valence-electron chi connectivity index (χ3n) is 7.26. The monoisotopic (exact) mass is 488 g/mol. The van der Waals surface area contributed by atoms with Crippen LogP contribution in [0.15, 0.2) is 128 Å². The molecule has 2 N–H and O–H groups in total. The zero-order valence-electron chi connectivity index (χ0n) is 20.6. The van der Waals surface area contributed by atoms with Crippen molar-refractivity contribution in [3.05, 3.63) is 133 Å². The molecule has 180 valence electrons. The van der Waals surface area contributed by atoms with Gasteiger partial charge in [-0.15, -0.1) is 0 Å². The third-order valence-corrected chi connectivity index (χ3v) is 7.26. The standard InChI is InChI=1S/C34H24N4/c35-22-28(21-31(36)23-9-3-1-4-10-23)38-32-14-8-7-13-29(32)30-18-25-17-24-15-16-37(27-11-5-2-6-12-27)33(24)19-26(25)20-34(30)38/h1-22,35-36H/b28-21+,35-22?,36-31?. The molecule has 0 aliphatic carbocycles. The number of fused-ring (bicyclic) bond motifs is 5. The minimum Gasteiger partial charge on any atom is -0.317 e. The predicted octanol–water partition coefficient (Wildman–Crippen LogP) is 8.45. The van der Waals surface area contributed by atoms with Gasteiger partial charge in [0.2, 0.25) is 0 Å². The van der Waals surface area contributed by atoms with Crippen LogP contribution in [-0.4, -0.2) is 21.1 Å². The number of aromatic nitrogens is 2. The van der Waals surface area contributed by atoms with Gasteiger partial charge in [-0.05, 0) is 70.9 Å². The van der Waals surface area contributed by atoms with Crippen molar-refractivity contribution in [3.63, 3.8) is 0 Å². The number of nitrogens with zero attached hydrogens (tertiary/aromatic N) is 2. The summed E-state index contributed by atoms with van der Waals surface area (Å²) in [7, 11) is 0. The van der Waals surface area contributed by atoms with Crippen LogP contribution in [0.5, 0.6) is 0 Å². The fourth-order valence-electron chi connectivity index (χ4n) is 5.46. The van der Waals surface area contributed by atoms with Crippen LogP contribution in [0.3, 0.4) is 0 Å². The Hall–Kier alpha value is -5.22. The average Bonchev–Trinajstić information content (AvgIpc) is 3.52. The second-order valence-electron chi connectivity index (χ2n) is 9.49. The van der Waals surface area contributed by atoms with E-state index in [2.05, 4.69) is 88.1 Å². The van der Waals surface area contributed by atoms with E-state index in [-0.39, 0.29) is 0 Å². The Morgan fingerprint density at radius 1 is 0.605 bits per heavy atom. The van der Waals surface area contributed by atoms with Crippen molar-refractivity contribution in [2.45, 2.75) is 0 Å². The molecule has 0 aliphatic rings. The third kappa shape index (κ3) is 3.46. The molecule has 7 aromatic rings. The first-order valence-corrected chi connectivity index (χ1v) is 12.6. The lowest BCUT2D eigenvalue weighted by molar-refractivity contribution is 1.13. The van der Waals surface area contributed by atoms with Gasteiger partial charge >= 0.3 is 0 Å². The molecule has 38 heavy (non-hydrogen) atoms. The first-order valence-electron chi connectivity index (χ1n) is 12.6. The largest absolute Gasteiger partial charge is 0.317 e. The van der Waals surface area contributed by atoms with E-state index < -0.39 is 0 Å². The average molecular weight is 489 g/mol. The van der Waals surface area contributed by atoms with Crippen LogP contribution in [0.4, 0.5) is 0 Å². The van der Waals surface area contributed by atoms with E-state index in [1.165, 1.54) is 17.0 Å². The highest BCUT2D eigenvalue weighted by molar-refractivity contribution is 6.22. The highest BCUT2D eigenvalue weighted by Gasteiger charge is 2.15. The molecule has 2 aromatic heterocycles. The summed E-state index contributed by atoms with van der Waals surface area (Å²) in [5, 5.41) is 22.8. The summed E-state index contributed by atoms with van der Waals surface area (Å²) in [6, 6.07) is 39.5. The molecule has 0 saturated heterocycles. The lowest BCUT2D eigenvalue weighted by atomic mass is 10.0. The van der Waals surface area contributed by atoms with Crippen molar-refractivity contribution >= 4 is 61.1 Å². The van der Waals surface area contributed by atoms with E-state index >= 15 is 0 Å². The summed E-state index contributed by atoms with van der Waals surface area (Å²) in [5.41, 5.74) is 6.17. The number of nitrogens with one attached hydrogen (secondary N) is 2. The summed E-state index contributed by atoms with van der Waals surface area (Å²) in [6.07, 6.45) is 5.25. The van der Waals surface area contributed by atoms with Gasteiger partial charge in [0.05, 0.1) is 28.0 Å². The molecule has 0 radical (unpaired) electrons. The van der Waals surface area contributed by atoms with Crippen LogP contribution in [0.1, 0.15) is 5.56 Å². The van der Waals surface area contributed by atoms with Gasteiger partial charge in [-0.2, -0.15) is 0 Å². The maximum absolute atomic E-state index is 8.70. The molecule has 4 heteroatoms. The van der Waals surface area contributed by atoms with Crippen LogP contribution in [0.2, 0.25) is 0 Å². The molecule has 0 amide bonds. The van der Waals surface area contributed by atoms with Gasteiger partial charge in [0.25, 0.3) is 0 Å². The number of allylic oxidation sites excluding steroid dienone is 2. The first-order chi connectivity index (χ1) is 18.7. The Labute approximate surface area is 219 Å². The van der Waals surface area contributed by atoms with Gasteiger partial charge < -0.3 is 20.0 Å². The van der Waals surface area contributed by atoms with Crippen molar-refractivity contribution in [2.75, 3.05) is 0 Å². The topological polar surface area (TPSA) is 57.6 Å². The van der Waals surface area contributed by atoms with E-state index in [0.29, 0.717) is 11.4 Å². The van der Waals surface area contributed by atoms with E-state index in [1.54, 1.807) is 6.08 Å². The van der Waals surface area contributed by atoms with Gasteiger partial charge in [-0.1, -0.05) is 66.7 Å². The number of rotatable bonds is 5. The van der Waals surface area contributed by atoms with Gasteiger partial charge in [0.1, 0.15) is 0 Å². The minimum atomic E-state index is 0.373. The number of hydrogen-bond acceptors (Lipinski definition) is 2. The molecule has 7 rings (SSSR count). The molecule has 0 bridgehead atoms. The van der Waals surface area contributed by atoms with E-state index in [9.17, 15) is 0 Å². The van der Waals surface area contributed by atoms with Gasteiger partial charge in [-0.3, -0.25) is 0 Å². The SMILES string of the molecule is N=C/C(=C\C(=N)c1ccccc1)n1c2ccccc2c2cc3cc4ccn(-c5ccccc5)c4cc3cc21. The van der Waals surface area contributed by atoms with Gasteiger partial charge in [0, 0.05) is 34.3 Å². The molecule has 5 aromatic carbocycles. The Morgan fingerprint density at radius 2 is 1.29 bits per heavy atom. The maximum atomic E-state index is 8.70. The molecule has 0 saturated carbocycles. The molecule has 0 spiro atoms. The van der Waals surface area contributed by atoms with Crippen molar-refractivity contribution in [1.29, 1.82) is 10.8 Å². The molecule has 0 aliphatic heterocycles. The van der Waals surface area contributed by atoms with E-state index in [1.807, 2.05) is 42.5 Å².